The molecule has 5 heteroatoms. The van der Waals surface area contributed by atoms with E-state index < -0.39 is 6.23 Å². The third-order valence-corrected chi connectivity index (χ3v) is 3.97. The van der Waals surface area contributed by atoms with E-state index in [9.17, 15) is 9.90 Å². The van der Waals surface area contributed by atoms with Crippen LogP contribution < -0.4 is 0 Å². The van der Waals surface area contributed by atoms with Gasteiger partial charge < -0.3 is 14.7 Å². The summed E-state index contributed by atoms with van der Waals surface area (Å²) in [6.07, 6.45) is 2.49. The Kier molecular flexibility index (Phi) is 6.68. The number of rotatable bonds is 6. The minimum Gasteiger partial charge on any atom is -0.445 e. The molecule has 1 aliphatic heterocycles. The van der Waals surface area contributed by atoms with Gasteiger partial charge in [-0.05, 0) is 12.0 Å². The fourth-order valence-corrected chi connectivity index (χ4v) is 2.60. The SMILES string of the molecule is CCCCCN1CCN(C(=O)OCc2ccccc2)CC1O. The first-order valence-electron chi connectivity index (χ1n) is 8.08. The van der Waals surface area contributed by atoms with Crippen molar-refractivity contribution in [2.75, 3.05) is 26.2 Å². The number of aliphatic hydroxyl groups excluding tert-OH is 1. The van der Waals surface area contributed by atoms with E-state index in [0.717, 1.165) is 18.5 Å². The minimum atomic E-state index is -0.588. The molecule has 0 aliphatic carbocycles. The van der Waals surface area contributed by atoms with Gasteiger partial charge in [0, 0.05) is 19.6 Å². The average Bonchev–Trinajstić information content (AvgIpc) is 2.55. The second-order valence-electron chi connectivity index (χ2n) is 5.71. The highest BCUT2D eigenvalue weighted by atomic mass is 16.6. The molecule has 1 aromatic rings. The second kappa shape index (κ2) is 8.76. The largest absolute Gasteiger partial charge is 0.445 e. The first-order valence-corrected chi connectivity index (χ1v) is 8.08. The van der Waals surface area contributed by atoms with E-state index in [-0.39, 0.29) is 12.7 Å². The molecule has 1 unspecified atom stereocenters. The van der Waals surface area contributed by atoms with E-state index in [1.54, 1.807) is 4.90 Å². The van der Waals surface area contributed by atoms with Gasteiger partial charge in [-0.2, -0.15) is 0 Å². The van der Waals surface area contributed by atoms with Crippen molar-refractivity contribution in [2.45, 2.75) is 39.0 Å². The number of piperazine rings is 1. The summed E-state index contributed by atoms with van der Waals surface area (Å²) in [6.45, 7) is 4.95. The zero-order chi connectivity index (χ0) is 15.8. The molecule has 1 heterocycles. The lowest BCUT2D eigenvalue weighted by molar-refractivity contribution is -0.0538. The van der Waals surface area contributed by atoms with E-state index in [2.05, 4.69) is 6.92 Å². The van der Waals surface area contributed by atoms with Crippen LogP contribution in [0.3, 0.4) is 0 Å². The number of nitrogens with zero attached hydrogens (tertiary/aromatic N) is 2. The Morgan fingerprint density at radius 1 is 1.27 bits per heavy atom. The molecule has 1 aromatic carbocycles. The summed E-state index contributed by atoms with van der Waals surface area (Å²) < 4.78 is 5.31. The minimum absolute atomic E-state index is 0.270. The molecule has 1 atom stereocenters. The lowest BCUT2D eigenvalue weighted by Gasteiger charge is -2.38. The second-order valence-corrected chi connectivity index (χ2v) is 5.71. The molecule has 22 heavy (non-hydrogen) atoms. The predicted octanol–water partition coefficient (Wildman–Crippen LogP) is 2.45. The molecule has 1 amide bonds. The summed E-state index contributed by atoms with van der Waals surface area (Å²) in [6, 6.07) is 9.62. The van der Waals surface area contributed by atoms with Gasteiger partial charge in [-0.1, -0.05) is 50.1 Å². The Labute approximate surface area is 132 Å². The number of ether oxygens (including phenoxy) is 1. The van der Waals surface area contributed by atoms with Crippen molar-refractivity contribution in [1.29, 1.82) is 0 Å². The Bertz CT molecular complexity index is 452. The van der Waals surface area contributed by atoms with Crippen LogP contribution in [-0.2, 0) is 11.3 Å². The highest BCUT2D eigenvalue weighted by Gasteiger charge is 2.28. The van der Waals surface area contributed by atoms with Crippen molar-refractivity contribution >= 4 is 6.09 Å². The monoisotopic (exact) mass is 306 g/mol. The summed E-state index contributed by atoms with van der Waals surface area (Å²) in [5.41, 5.74) is 0.967. The van der Waals surface area contributed by atoms with Gasteiger partial charge in [-0.15, -0.1) is 0 Å². The normalized spacial score (nSPS) is 19.2. The summed E-state index contributed by atoms with van der Waals surface area (Å²) in [4.78, 5) is 15.7. The Morgan fingerprint density at radius 3 is 2.73 bits per heavy atom. The van der Waals surface area contributed by atoms with Gasteiger partial charge in [0.15, 0.2) is 0 Å². The van der Waals surface area contributed by atoms with Gasteiger partial charge in [-0.25, -0.2) is 4.79 Å². The van der Waals surface area contributed by atoms with E-state index in [4.69, 9.17) is 4.74 Å². The van der Waals surface area contributed by atoms with E-state index in [0.29, 0.717) is 19.6 Å². The first kappa shape index (κ1) is 16.8. The van der Waals surface area contributed by atoms with Crippen molar-refractivity contribution < 1.29 is 14.6 Å². The van der Waals surface area contributed by atoms with Crippen LogP contribution >= 0.6 is 0 Å². The molecule has 2 rings (SSSR count). The van der Waals surface area contributed by atoms with Crippen molar-refractivity contribution in [3.8, 4) is 0 Å². The van der Waals surface area contributed by atoms with Gasteiger partial charge >= 0.3 is 6.09 Å². The molecule has 1 fully saturated rings. The molecule has 0 saturated carbocycles. The third-order valence-electron chi connectivity index (χ3n) is 3.97. The smallest absolute Gasteiger partial charge is 0.410 e. The van der Waals surface area contributed by atoms with Crippen LogP contribution in [-0.4, -0.2) is 53.4 Å². The quantitative estimate of drug-likeness (QED) is 0.820. The Hall–Kier alpha value is -1.59. The van der Waals surface area contributed by atoms with Crippen molar-refractivity contribution in [2.24, 2.45) is 0 Å². The standard InChI is InChI=1S/C17H26N2O3/c1-2-3-7-10-18-11-12-19(13-16(18)20)17(21)22-14-15-8-5-4-6-9-15/h4-6,8-9,16,20H,2-3,7,10-14H2,1H3. The summed E-state index contributed by atoms with van der Waals surface area (Å²) in [5, 5.41) is 10.1. The van der Waals surface area contributed by atoms with Crippen LogP contribution in [0.15, 0.2) is 30.3 Å². The molecule has 1 N–H and O–H groups in total. The molecule has 1 aliphatic rings. The number of β-amino-alcohol motifs (C(OH)–C–C–N with tert-alkyl or cyclic N) is 1. The van der Waals surface area contributed by atoms with Crippen LogP contribution in [0.2, 0.25) is 0 Å². The van der Waals surface area contributed by atoms with Crippen LogP contribution in [0.5, 0.6) is 0 Å². The molecule has 0 bridgehead atoms. The topological polar surface area (TPSA) is 53.0 Å². The predicted molar refractivity (Wildman–Crippen MR) is 85.3 cm³/mol. The fraction of sp³-hybridized carbons (Fsp3) is 0.588. The van der Waals surface area contributed by atoms with Crippen LogP contribution in [0.1, 0.15) is 31.7 Å². The first-order chi connectivity index (χ1) is 10.7. The number of hydrogen-bond donors (Lipinski definition) is 1. The maximum Gasteiger partial charge on any atom is 0.410 e. The molecular weight excluding hydrogens is 280 g/mol. The van der Waals surface area contributed by atoms with Gasteiger partial charge in [0.1, 0.15) is 12.8 Å². The van der Waals surface area contributed by atoms with E-state index >= 15 is 0 Å². The molecule has 0 radical (unpaired) electrons. The number of unbranched alkanes of at least 4 members (excludes halogenated alkanes) is 2. The van der Waals surface area contributed by atoms with Crippen molar-refractivity contribution in [3.63, 3.8) is 0 Å². The summed E-state index contributed by atoms with van der Waals surface area (Å²) >= 11 is 0. The molecule has 5 nitrogen and oxygen atoms in total. The Balaban J connectivity index is 1.73. The van der Waals surface area contributed by atoms with Gasteiger partial charge in [0.05, 0.1) is 6.54 Å². The number of benzene rings is 1. The molecule has 0 spiro atoms. The highest BCUT2D eigenvalue weighted by Crippen LogP contribution is 2.11. The van der Waals surface area contributed by atoms with Crippen molar-refractivity contribution in [1.82, 2.24) is 9.80 Å². The average molecular weight is 306 g/mol. The molecular formula is C17H26N2O3. The number of amides is 1. The maximum atomic E-state index is 12.1. The third kappa shape index (κ3) is 5.00. The van der Waals surface area contributed by atoms with Gasteiger partial charge in [0.2, 0.25) is 0 Å². The van der Waals surface area contributed by atoms with Crippen LogP contribution in [0, 0.1) is 0 Å². The lowest BCUT2D eigenvalue weighted by atomic mass is 10.2. The van der Waals surface area contributed by atoms with E-state index in [1.807, 2.05) is 35.2 Å². The number of aliphatic hydroxyl groups is 1. The van der Waals surface area contributed by atoms with Gasteiger partial charge in [0.25, 0.3) is 0 Å². The number of hydrogen-bond acceptors (Lipinski definition) is 4. The lowest BCUT2D eigenvalue weighted by Crippen LogP contribution is -2.54. The highest BCUT2D eigenvalue weighted by molar-refractivity contribution is 5.67. The van der Waals surface area contributed by atoms with Crippen LogP contribution in [0.4, 0.5) is 4.79 Å². The zero-order valence-electron chi connectivity index (χ0n) is 13.3. The number of carbonyl (C=O) groups excluding carboxylic acids is 1. The molecule has 1 saturated heterocycles. The summed E-state index contributed by atoms with van der Waals surface area (Å²) in [5.74, 6) is 0. The Morgan fingerprint density at radius 2 is 2.05 bits per heavy atom. The molecule has 122 valence electrons. The molecule has 0 aromatic heterocycles. The van der Waals surface area contributed by atoms with E-state index in [1.165, 1.54) is 12.8 Å². The zero-order valence-corrected chi connectivity index (χ0v) is 13.3. The fourth-order valence-electron chi connectivity index (χ4n) is 2.60. The van der Waals surface area contributed by atoms with Crippen molar-refractivity contribution in [3.05, 3.63) is 35.9 Å². The number of carbonyl (C=O) groups is 1. The maximum absolute atomic E-state index is 12.1. The van der Waals surface area contributed by atoms with Gasteiger partial charge in [-0.3, -0.25) is 4.90 Å². The van der Waals surface area contributed by atoms with Crippen LogP contribution in [0.25, 0.3) is 0 Å². The summed E-state index contributed by atoms with van der Waals surface area (Å²) in [7, 11) is 0.